The molecular weight excluding hydrogens is 252 g/mol. The largest absolute Gasteiger partial charge is 0.417 e. The van der Waals surface area contributed by atoms with Crippen LogP contribution in [-0.4, -0.2) is 29.5 Å². The molecule has 0 aliphatic rings. The SMILES string of the molecule is CCN(CC)CC(Cl)c1ccc2[nH]c(=O)oc2c1. The highest BCUT2D eigenvalue weighted by molar-refractivity contribution is 6.21. The molecular formula is C13H17ClN2O2. The fourth-order valence-corrected chi connectivity index (χ4v) is 2.30. The molecule has 98 valence electrons. The number of oxazole rings is 1. The number of aromatic nitrogens is 1. The lowest BCUT2D eigenvalue weighted by Crippen LogP contribution is -2.26. The summed E-state index contributed by atoms with van der Waals surface area (Å²) in [4.78, 5) is 15.9. The van der Waals surface area contributed by atoms with Crippen LogP contribution in [0.3, 0.4) is 0 Å². The molecule has 4 nitrogen and oxygen atoms in total. The number of alkyl halides is 1. The van der Waals surface area contributed by atoms with Crippen LogP contribution in [0.15, 0.2) is 27.4 Å². The van der Waals surface area contributed by atoms with E-state index >= 15 is 0 Å². The summed E-state index contributed by atoms with van der Waals surface area (Å²) in [5, 5.41) is -0.102. The van der Waals surface area contributed by atoms with Crippen molar-refractivity contribution in [1.29, 1.82) is 0 Å². The standard InChI is InChI=1S/C13H17ClN2O2/c1-3-16(4-2)8-10(14)9-5-6-11-12(7-9)18-13(17)15-11/h5-7,10H,3-4,8H2,1-2H3,(H,15,17). The van der Waals surface area contributed by atoms with Gasteiger partial charge in [-0.05, 0) is 30.8 Å². The summed E-state index contributed by atoms with van der Waals surface area (Å²) in [6.07, 6.45) is 0. The summed E-state index contributed by atoms with van der Waals surface area (Å²) >= 11 is 6.39. The highest BCUT2D eigenvalue weighted by Gasteiger charge is 2.13. The molecule has 0 saturated carbocycles. The Labute approximate surface area is 111 Å². The van der Waals surface area contributed by atoms with Crippen LogP contribution in [-0.2, 0) is 0 Å². The Morgan fingerprint density at radius 3 is 2.78 bits per heavy atom. The molecule has 5 heteroatoms. The van der Waals surface area contributed by atoms with E-state index in [1.54, 1.807) is 0 Å². The van der Waals surface area contributed by atoms with Gasteiger partial charge in [0.25, 0.3) is 0 Å². The third kappa shape index (κ3) is 2.76. The number of halogens is 1. The Balaban J connectivity index is 2.21. The molecule has 1 aromatic carbocycles. The Morgan fingerprint density at radius 1 is 1.39 bits per heavy atom. The van der Waals surface area contributed by atoms with Gasteiger partial charge >= 0.3 is 5.76 Å². The predicted molar refractivity (Wildman–Crippen MR) is 73.2 cm³/mol. The summed E-state index contributed by atoms with van der Waals surface area (Å²) in [5.74, 6) is -0.433. The molecule has 0 radical (unpaired) electrons. The van der Waals surface area contributed by atoms with Gasteiger partial charge in [-0.2, -0.15) is 0 Å². The number of hydrogen-bond donors (Lipinski definition) is 1. The molecule has 0 bridgehead atoms. The first-order valence-electron chi connectivity index (χ1n) is 6.13. The van der Waals surface area contributed by atoms with E-state index < -0.39 is 5.76 Å². The van der Waals surface area contributed by atoms with Gasteiger partial charge in [-0.15, -0.1) is 11.6 Å². The molecule has 1 aromatic heterocycles. The molecule has 18 heavy (non-hydrogen) atoms. The molecule has 0 aliphatic carbocycles. The molecule has 1 heterocycles. The number of H-pyrrole nitrogens is 1. The minimum absolute atomic E-state index is 0.102. The number of fused-ring (bicyclic) bond motifs is 1. The highest BCUT2D eigenvalue weighted by Crippen LogP contribution is 2.24. The van der Waals surface area contributed by atoms with Gasteiger partial charge in [0.1, 0.15) is 0 Å². The van der Waals surface area contributed by atoms with Crippen LogP contribution >= 0.6 is 11.6 Å². The third-order valence-electron chi connectivity index (χ3n) is 3.12. The predicted octanol–water partition coefficient (Wildman–Crippen LogP) is 2.74. The maximum absolute atomic E-state index is 11.1. The fourth-order valence-electron chi connectivity index (χ4n) is 1.97. The van der Waals surface area contributed by atoms with Gasteiger partial charge in [-0.1, -0.05) is 19.9 Å². The normalized spacial score (nSPS) is 13.3. The number of aromatic amines is 1. The number of hydrogen-bond acceptors (Lipinski definition) is 3. The molecule has 1 N–H and O–H groups in total. The lowest BCUT2D eigenvalue weighted by atomic mass is 10.1. The Kier molecular flexibility index (Phi) is 4.09. The topological polar surface area (TPSA) is 49.2 Å². The van der Waals surface area contributed by atoms with Crippen molar-refractivity contribution in [3.8, 4) is 0 Å². The summed E-state index contributed by atoms with van der Waals surface area (Å²) in [7, 11) is 0. The van der Waals surface area contributed by atoms with Crippen molar-refractivity contribution in [2.75, 3.05) is 19.6 Å². The van der Waals surface area contributed by atoms with Crippen LogP contribution < -0.4 is 5.76 Å². The minimum Gasteiger partial charge on any atom is -0.408 e. The Bertz CT molecular complexity index is 572. The van der Waals surface area contributed by atoms with Crippen molar-refractivity contribution in [3.63, 3.8) is 0 Å². The van der Waals surface area contributed by atoms with Crippen molar-refractivity contribution in [2.45, 2.75) is 19.2 Å². The highest BCUT2D eigenvalue weighted by atomic mass is 35.5. The van der Waals surface area contributed by atoms with Gasteiger partial charge < -0.3 is 9.32 Å². The quantitative estimate of drug-likeness (QED) is 0.849. The first kappa shape index (κ1) is 13.2. The minimum atomic E-state index is -0.433. The van der Waals surface area contributed by atoms with Crippen LogP contribution in [0.1, 0.15) is 24.8 Å². The van der Waals surface area contributed by atoms with Gasteiger partial charge in [-0.3, -0.25) is 4.98 Å². The van der Waals surface area contributed by atoms with E-state index in [0.717, 1.165) is 25.2 Å². The molecule has 0 amide bonds. The van der Waals surface area contributed by atoms with Gasteiger partial charge in [0.05, 0.1) is 10.9 Å². The Hall–Kier alpha value is -1.26. The van der Waals surface area contributed by atoms with Crippen molar-refractivity contribution < 1.29 is 4.42 Å². The number of likely N-dealkylation sites (N-methyl/N-ethyl adjacent to an activating group) is 1. The zero-order valence-corrected chi connectivity index (χ0v) is 11.3. The van der Waals surface area contributed by atoms with Crippen molar-refractivity contribution >= 4 is 22.7 Å². The molecule has 0 aliphatic heterocycles. The number of nitrogens with one attached hydrogen (secondary N) is 1. The van der Waals surface area contributed by atoms with Crippen LogP contribution in [0.25, 0.3) is 11.1 Å². The van der Waals surface area contributed by atoms with Crippen LogP contribution in [0.2, 0.25) is 0 Å². The maximum atomic E-state index is 11.1. The summed E-state index contributed by atoms with van der Waals surface area (Å²) in [5.41, 5.74) is 2.23. The van der Waals surface area contributed by atoms with E-state index in [4.69, 9.17) is 16.0 Å². The van der Waals surface area contributed by atoms with Crippen molar-refractivity contribution in [3.05, 3.63) is 34.3 Å². The number of benzene rings is 1. The smallest absolute Gasteiger partial charge is 0.408 e. The summed E-state index contributed by atoms with van der Waals surface area (Å²) in [6, 6.07) is 5.58. The van der Waals surface area contributed by atoms with Gasteiger partial charge in [0.2, 0.25) is 0 Å². The van der Waals surface area contributed by atoms with E-state index in [-0.39, 0.29) is 5.38 Å². The lowest BCUT2D eigenvalue weighted by molar-refractivity contribution is 0.304. The van der Waals surface area contributed by atoms with E-state index in [1.807, 2.05) is 18.2 Å². The van der Waals surface area contributed by atoms with Gasteiger partial charge in [-0.25, -0.2) is 4.79 Å². The average Bonchev–Trinajstić information content (AvgIpc) is 2.74. The van der Waals surface area contributed by atoms with E-state index in [0.29, 0.717) is 11.1 Å². The van der Waals surface area contributed by atoms with E-state index in [1.165, 1.54) is 0 Å². The van der Waals surface area contributed by atoms with Gasteiger partial charge in [0, 0.05) is 6.54 Å². The third-order valence-corrected chi connectivity index (χ3v) is 3.51. The average molecular weight is 269 g/mol. The zero-order chi connectivity index (χ0) is 13.1. The number of nitrogens with zero attached hydrogens (tertiary/aromatic N) is 1. The lowest BCUT2D eigenvalue weighted by Gasteiger charge is -2.21. The molecule has 1 unspecified atom stereocenters. The number of rotatable bonds is 5. The van der Waals surface area contributed by atoms with Crippen LogP contribution in [0, 0.1) is 0 Å². The molecule has 2 rings (SSSR count). The van der Waals surface area contributed by atoms with Gasteiger partial charge in [0.15, 0.2) is 5.58 Å². The van der Waals surface area contributed by atoms with Crippen LogP contribution in [0.5, 0.6) is 0 Å². The molecule has 0 saturated heterocycles. The van der Waals surface area contributed by atoms with E-state index in [2.05, 4.69) is 23.7 Å². The summed E-state index contributed by atoms with van der Waals surface area (Å²) < 4.78 is 5.03. The monoisotopic (exact) mass is 268 g/mol. The second-order valence-corrected chi connectivity index (χ2v) is 4.75. The maximum Gasteiger partial charge on any atom is 0.417 e. The molecule has 1 atom stereocenters. The zero-order valence-electron chi connectivity index (χ0n) is 10.6. The fraction of sp³-hybridized carbons (Fsp3) is 0.462. The Morgan fingerprint density at radius 2 is 2.11 bits per heavy atom. The van der Waals surface area contributed by atoms with Crippen molar-refractivity contribution in [1.82, 2.24) is 9.88 Å². The van der Waals surface area contributed by atoms with Crippen LogP contribution in [0.4, 0.5) is 0 Å². The second kappa shape index (κ2) is 5.59. The molecule has 0 fully saturated rings. The first-order valence-corrected chi connectivity index (χ1v) is 6.56. The molecule has 0 spiro atoms. The summed E-state index contributed by atoms with van der Waals surface area (Å²) in [6.45, 7) is 6.96. The van der Waals surface area contributed by atoms with Crippen molar-refractivity contribution in [2.24, 2.45) is 0 Å². The second-order valence-electron chi connectivity index (χ2n) is 4.22. The van der Waals surface area contributed by atoms with E-state index in [9.17, 15) is 4.79 Å². The molecule has 2 aromatic rings. The first-order chi connectivity index (χ1) is 8.63.